The van der Waals surface area contributed by atoms with Crippen LogP contribution in [0.5, 0.6) is 5.75 Å². The van der Waals surface area contributed by atoms with E-state index in [4.69, 9.17) is 4.74 Å². The van der Waals surface area contributed by atoms with Crippen LogP contribution in [0.3, 0.4) is 0 Å². The summed E-state index contributed by atoms with van der Waals surface area (Å²) in [5.74, 6) is 0.839. The molecule has 0 bridgehead atoms. The summed E-state index contributed by atoms with van der Waals surface area (Å²) in [7, 11) is 1.75. The second-order valence-corrected chi connectivity index (χ2v) is 9.16. The molecule has 1 unspecified atom stereocenters. The zero-order chi connectivity index (χ0) is 24.5. The second-order valence-electron chi connectivity index (χ2n) is 9.16. The molecule has 0 aliphatic rings. The van der Waals surface area contributed by atoms with Crippen molar-refractivity contribution in [1.29, 1.82) is 0 Å². The Morgan fingerprint density at radius 2 is 1.31 bits per heavy atom. The molecule has 0 amide bonds. The summed E-state index contributed by atoms with van der Waals surface area (Å²) in [6.07, 6.45) is 0. The summed E-state index contributed by atoms with van der Waals surface area (Å²) in [5, 5.41) is 1.19. The summed E-state index contributed by atoms with van der Waals surface area (Å²) in [4.78, 5) is 7.60. The quantitative estimate of drug-likeness (QED) is 0.257. The van der Waals surface area contributed by atoms with Crippen LogP contribution in [0.25, 0.3) is 22.0 Å². The van der Waals surface area contributed by atoms with Gasteiger partial charge in [0.15, 0.2) is 0 Å². The molecule has 3 heteroatoms. The van der Waals surface area contributed by atoms with E-state index in [1.807, 2.05) is 12.1 Å². The number of aromatic nitrogens is 2. The average Bonchev–Trinajstić information content (AvgIpc) is 3.55. The third-order valence-corrected chi connectivity index (χ3v) is 7.10. The zero-order valence-electron chi connectivity index (χ0n) is 20.5. The fourth-order valence-corrected chi connectivity index (χ4v) is 5.56. The summed E-state index contributed by atoms with van der Waals surface area (Å²) in [5.41, 5.74) is 8.29. The Hall–Kier alpha value is -4.50. The highest BCUT2D eigenvalue weighted by molar-refractivity contribution is 5.99. The predicted octanol–water partition coefficient (Wildman–Crippen LogP) is 7.86. The molecule has 0 aliphatic carbocycles. The fraction of sp³-hybridized carbons (Fsp3) is 0.0909. The van der Waals surface area contributed by atoms with Gasteiger partial charge in [0.25, 0.3) is 0 Å². The molecule has 6 aromatic rings. The molecule has 0 aliphatic heterocycles. The normalized spacial score (nSPS) is 12.9. The van der Waals surface area contributed by atoms with Gasteiger partial charge < -0.3 is 14.7 Å². The Bertz CT molecular complexity index is 1630. The lowest BCUT2D eigenvalue weighted by Gasteiger charge is -2.36. The molecule has 0 saturated heterocycles. The summed E-state index contributed by atoms with van der Waals surface area (Å²) < 4.78 is 6.01. The van der Waals surface area contributed by atoms with E-state index in [1.54, 1.807) is 7.11 Å². The Kier molecular flexibility index (Phi) is 5.46. The van der Waals surface area contributed by atoms with E-state index in [0.717, 1.165) is 39.5 Å². The van der Waals surface area contributed by atoms with Gasteiger partial charge in [-0.3, -0.25) is 0 Å². The highest BCUT2D eigenvalue weighted by atomic mass is 16.5. The van der Waals surface area contributed by atoms with Crippen LogP contribution < -0.4 is 4.74 Å². The Balaban J connectivity index is 1.85. The molecule has 0 fully saturated rings. The van der Waals surface area contributed by atoms with Gasteiger partial charge >= 0.3 is 0 Å². The van der Waals surface area contributed by atoms with Crippen molar-refractivity contribution in [2.24, 2.45) is 0 Å². The number of benzene rings is 4. The molecule has 0 saturated carbocycles. The Morgan fingerprint density at radius 1 is 0.639 bits per heavy atom. The molecule has 2 N–H and O–H groups in total. The van der Waals surface area contributed by atoms with Crippen LogP contribution in [0.2, 0.25) is 0 Å². The lowest BCUT2D eigenvalue weighted by Crippen LogP contribution is -2.33. The van der Waals surface area contributed by atoms with Gasteiger partial charge in [-0.1, -0.05) is 97.1 Å². The lowest BCUT2D eigenvalue weighted by molar-refractivity contribution is 0.404. The third kappa shape index (κ3) is 3.36. The van der Waals surface area contributed by atoms with Gasteiger partial charge in [-0.15, -0.1) is 0 Å². The van der Waals surface area contributed by atoms with Gasteiger partial charge in [-0.2, -0.15) is 0 Å². The molecular formula is C33H28N2O. The van der Waals surface area contributed by atoms with Gasteiger partial charge in [-0.25, -0.2) is 0 Å². The third-order valence-electron chi connectivity index (χ3n) is 7.10. The molecule has 2 aromatic heterocycles. The van der Waals surface area contributed by atoms with Gasteiger partial charge in [-0.05, 0) is 42.3 Å². The maximum absolute atomic E-state index is 6.01. The average molecular weight is 469 g/mol. The van der Waals surface area contributed by atoms with Crippen molar-refractivity contribution in [3.63, 3.8) is 0 Å². The molecule has 176 valence electrons. The van der Waals surface area contributed by atoms with E-state index in [9.17, 15) is 0 Å². The van der Waals surface area contributed by atoms with Gasteiger partial charge in [0.05, 0.1) is 7.11 Å². The van der Waals surface area contributed by atoms with E-state index in [2.05, 4.69) is 126 Å². The standard InChI is InChI=1S/C33H28N2O/c1-23-21-22-30(34-23)33(25-15-7-4-8-16-25,27-18-10-12-20-29(27)36-2)32-31(24-13-5-3-6-14-24)26-17-9-11-19-28(26)35-32/h3-22,34-35H,1-2H3. The summed E-state index contributed by atoms with van der Waals surface area (Å²) >= 11 is 0. The zero-order valence-corrected chi connectivity index (χ0v) is 20.5. The molecule has 6 rings (SSSR count). The van der Waals surface area contributed by atoms with Crippen molar-refractivity contribution in [2.45, 2.75) is 12.3 Å². The van der Waals surface area contributed by atoms with E-state index < -0.39 is 5.41 Å². The second kappa shape index (κ2) is 8.94. The minimum atomic E-state index is -0.688. The highest BCUT2D eigenvalue weighted by Gasteiger charge is 2.45. The van der Waals surface area contributed by atoms with E-state index in [-0.39, 0.29) is 0 Å². The number of aromatic amines is 2. The maximum Gasteiger partial charge on any atom is 0.123 e. The SMILES string of the molecule is COc1ccccc1C(c1ccccc1)(c1ccc(C)[nH]1)c1[nH]c2ccccc2c1-c1ccccc1. The molecule has 0 radical (unpaired) electrons. The molecule has 0 spiro atoms. The number of fused-ring (bicyclic) bond motifs is 1. The number of para-hydroxylation sites is 2. The van der Waals surface area contributed by atoms with Crippen LogP contribution in [0.15, 0.2) is 121 Å². The van der Waals surface area contributed by atoms with Gasteiger partial charge in [0.2, 0.25) is 0 Å². The number of methoxy groups -OCH3 is 1. The van der Waals surface area contributed by atoms with E-state index >= 15 is 0 Å². The minimum absolute atomic E-state index is 0.688. The molecule has 3 nitrogen and oxygen atoms in total. The maximum atomic E-state index is 6.01. The first kappa shape index (κ1) is 22.0. The first-order valence-electron chi connectivity index (χ1n) is 12.2. The van der Waals surface area contributed by atoms with E-state index in [0.29, 0.717) is 0 Å². The van der Waals surface area contributed by atoms with Crippen molar-refractivity contribution in [1.82, 2.24) is 9.97 Å². The number of aryl methyl sites for hydroxylation is 1. The molecule has 1 atom stereocenters. The van der Waals surface area contributed by atoms with E-state index in [1.165, 1.54) is 16.5 Å². The largest absolute Gasteiger partial charge is 0.496 e. The van der Waals surface area contributed by atoms with Crippen molar-refractivity contribution >= 4 is 10.9 Å². The Labute approximate surface area is 211 Å². The Morgan fingerprint density at radius 3 is 2.03 bits per heavy atom. The summed E-state index contributed by atoms with van der Waals surface area (Å²) in [6.45, 7) is 2.10. The molecule has 36 heavy (non-hydrogen) atoms. The van der Waals surface area contributed by atoms with Crippen LogP contribution in [0.1, 0.15) is 28.2 Å². The smallest absolute Gasteiger partial charge is 0.123 e. The first-order valence-corrected chi connectivity index (χ1v) is 12.2. The molecular weight excluding hydrogens is 440 g/mol. The number of ether oxygens (including phenoxy) is 1. The first-order chi connectivity index (χ1) is 17.7. The predicted molar refractivity (Wildman–Crippen MR) is 148 cm³/mol. The molecule has 2 heterocycles. The van der Waals surface area contributed by atoms with Crippen LogP contribution in [0, 0.1) is 6.92 Å². The number of hydrogen-bond acceptors (Lipinski definition) is 1. The monoisotopic (exact) mass is 468 g/mol. The van der Waals surface area contributed by atoms with Crippen molar-refractivity contribution in [3.05, 3.63) is 150 Å². The fourth-order valence-electron chi connectivity index (χ4n) is 5.56. The van der Waals surface area contributed by atoms with Crippen LogP contribution in [0.4, 0.5) is 0 Å². The summed E-state index contributed by atoms with van der Waals surface area (Å²) in [6, 6.07) is 42.6. The topological polar surface area (TPSA) is 40.8 Å². The van der Waals surface area contributed by atoms with Crippen LogP contribution >= 0.6 is 0 Å². The molecule has 4 aromatic carbocycles. The number of hydrogen-bond donors (Lipinski definition) is 2. The van der Waals surface area contributed by atoms with Gasteiger partial charge in [0, 0.05) is 39.1 Å². The van der Waals surface area contributed by atoms with Crippen molar-refractivity contribution in [3.8, 4) is 16.9 Å². The number of H-pyrrole nitrogens is 2. The highest BCUT2D eigenvalue weighted by Crippen LogP contribution is 2.51. The number of rotatable bonds is 6. The van der Waals surface area contributed by atoms with Crippen molar-refractivity contribution in [2.75, 3.05) is 7.11 Å². The number of nitrogens with one attached hydrogen (secondary N) is 2. The van der Waals surface area contributed by atoms with Crippen LogP contribution in [-0.4, -0.2) is 17.1 Å². The van der Waals surface area contributed by atoms with Crippen LogP contribution in [-0.2, 0) is 5.41 Å². The van der Waals surface area contributed by atoms with Crippen molar-refractivity contribution < 1.29 is 4.74 Å². The minimum Gasteiger partial charge on any atom is -0.496 e. The van der Waals surface area contributed by atoms with Gasteiger partial charge in [0.1, 0.15) is 11.2 Å². The lowest BCUT2D eigenvalue weighted by atomic mass is 9.67.